The summed E-state index contributed by atoms with van der Waals surface area (Å²) in [5.41, 5.74) is 1.22. The van der Waals surface area contributed by atoms with Crippen LogP contribution in [0.1, 0.15) is 36.7 Å². The van der Waals surface area contributed by atoms with Gasteiger partial charge in [-0.25, -0.2) is 4.79 Å². The molecule has 3 nitrogen and oxygen atoms in total. The monoisotopic (exact) mass is 210 g/mol. The minimum Gasteiger partial charge on any atom is -0.496 e. The van der Waals surface area contributed by atoms with Crippen molar-refractivity contribution in [3.63, 3.8) is 0 Å². The molecule has 84 valence electrons. The average molecular weight is 210 g/mol. The lowest BCUT2D eigenvalue weighted by atomic mass is 10.1. The molecule has 1 aromatic carbocycles. The molecule has 15 heavy (non-hydrogen) atoms. The molecular formula is C12H18O3. The molecule has 0 aromatic heterocycles. The third kappa shape index (κ3) is 3.62. The van der Waals surface area contributed by atoms with Crippen LogP contribution >= 0.6 is 0 Å². The lowest BCUT2D eigenvalue weighted by Crippen LogP contribution is -2.01. The Morgan fingerprint density at radius 3 is 2.40 bits per heavy atom. The summed E-state index contributed by atoms with van der Waals surface area (Å²) in [5, 5.41) is 8.84. The third-order valence-electron chi connectivity index (χ3n) is 1.90. The van der Waals surface area contributed by atoms with Crippen LogP contribution in [0.25, 0.3) is 0 Å². The molecule has 0 unspecified atom stereocenters. The molecule has 3 heteroatoms. The third-order valence-corrected chi connectivity index (χ3v) is 1.90. The van der Waals surface area contributed by atoms with Crippen LogP contribution in [-0.4, -0.2) is 18.2 Å². The van der Waals surface area contributed by atoms with E-state index in [9.17, 15) is 4.79 Å². The first-order valence-corrected chi connectivity index (χ1v) is 5.09. The Balaban J connectivity index is 0.000000921. The molecule has 0 aliphatic heterocycles. The Labute approximate surface area is 90.7 Å². The summed E-state index contributed by atoms with van der Waals surface area (Å²) in [7, 11) is 1.47. The van der Waals surface area contributed by atoms with Gasteiger partial charge in [-0.3, -0.25) is 0 Å². The first kappa shape index (κ1) is 13.5. The van der Waals surface area contributed by atoms with Gasteiger partial charge in [0, 0.05) is 0 Å². The van der Waals surface area contributed by atoms with Crippen molar-refractivity contribution < 1.29 is 14.6 Å². The zero-order chi connectivity index (χ0) is 11.8. The van der Waals surface area contributed by atoms with E-state index in [0.717, 1.165) is 12.0 Å². The molecule has 0 saturated heterocycles. The van der Waals surface area contributed by atoms with Crippen molar-refractivity contribution in [3.05, 3.63) is 29.3 Å². The average Bonchev–Trinajstić information content (AvgIpc) is 2.30. The van der Waals surface area contributed by atoms with Gasteiger partial charge in [-0.15, -0.1) is 0 Å². The van der Waals surface area contributed by atoms with Gasteiger partial charge in [0.05, 0.1) is 7.11 Å². The fraction of sp³-hybridized carbons (Fsp3) is 0.417. The number of methoxy groups -OCH3 is 1. The fourth-order valence-corrected chi connectivity index (χ4v) is 1.14. The molecule has 0 spiro atoms. The number of ether oxygens (including phenoxy) is 1. The summed E-state index contributed by atoms with van der Waals surface area (Å²) < 4.78 is 4.93. The van der Waals surface area contributed by atoms with Crippen LogP contribution < -0.4 is 4.74 Å². The fourth-order valence-electron chi connectivity index (χ4n) is 1.14. The van der Waals surface area contributed by atoms with Gasteiger partial charge < -0.3 is 9.84 Å². The zero-order valence-electron chi connectivity index (χ0n) is 9.70. The van der Waals surface area contributed by atoms with E-state index in [4.69, 9.17) is 9.84 Å². The molecule has 0 amide bonds. The summed E-state index contributed by atoms with van der Waals surface area (Å²) in [6.45, 7) is 5.98. The first-order valence-electron chi connectivity index (χ1n) is 5.09. The highest BCUT2D eigenvalue weighted by atomic mass is 16.5. The zero-order valence-corrected chi connectivity index (χ0v) is 9.70. The number of rotatable bonds is 3. The van der Waals surface area contributed by atoms with Crippen molar-refractivity contribution in [3.8, 4) is 5.75 Å². The van der Waals surface area contributed by atoms with Crippen molar-refractivity contribution >= 4 is 5.97 Å². The van der Waals surface area contributed by atoms with E-state index >= 15 is 0 Å². The summed E-state index contributed by atoms with van der Waals surface area (Å²) in [6.07, 6.45) is 0.824. The maximum absolute atomic E-state index is 10.8. The topological polar surface area (TPSA) is 46.5 Å². The molecule has 1 rings (SSSR count). The van der Waals surface area contributed by atoms with Crippen molar-refractivity contribution in [2.75, 3.05) is 7.11 Å². The van der Waals surface area contributed by atoms with Gasteiger partial charge in [0.25, 0.3) is 0 Å². The maximum Gasteiger partial charge on any atom is 0.339 e. The Hall–Kier alpha value is -1.51. The molecular weight excluding hydrogens is 192 g/mol. The molecule has 0 bridgehead atoms. The van der Waals surface area contributed by atoms with Crippen LogP contribution in [0, 0.1) is 0 Å². The highest BCUT2D eigenvalue weighted by molar-refractivity contribution is 5.91. The normalized spacial score (nSPS) is 8.80. The van der Waals surface area contributed by atoms with E-state index in [-0.39, 0.29) is 5.56 Å². The van der Waals surface area contributed by atoms with Crippen LogP contribution in [0.15, 0.2) is 18.2 Å². The van der Waals surface area contributed by atoms with E-state index in [1.165, 1.54) is 7.11 Å². The van der Waals surface area contributed by atoms with Crippen molar-refractivity contribution in [1.29, 1.82) is 0 Å². The van der Waals surface area contributed by atoms with E-state index in [1.54, 1.807) is 12.1 Å². The molecule has 0 radical (unpaired) electrons. The number of hydrogen-bond acceptors (Lipinski definition) is 2. The Bertz CT molecular complexity index is 319. The minimum absolute atomic E-state index is 0.224. The van der Waals surface area contributed by atoms with Gasteiger partial charge >= 0.3 is 5.97 Å². The van der Waals surface area contributed by atoms with Gasteiger partial charge in [0.2, 0.25) is 0 Å². The molecule has 0 saturated carbocycles. The Kier molecular flexibility index (Phi) is 6.18. The van der Waals surface area contributed by atoms with Crippen molar-refractivity contribution in [1.82, 2.24) is 0 Å². The van der Waals surface area contributed by atoms with E-state index in [1.807, 2.05) is 26.8 Å². The van der Waals surface area contributed by atoms with E-state index < -0.39 is 5.97 Å². The lowest BCUT2D eigenvalue weighted by Gasteiger charge is -2.05. The number of carbonyl (C=O) groups is 1. The first-order chi connectivity index (χ1) is 7.19. The minimum atomic E-state index is -0.952. The van der Waals surface area contributed by atoms with Gasteiger partial charge in [0.15, 0.2) is 0 Å². The Morgan fingerprint density at radius 1 is 1.40 bits per heavy atom. The van der Waals surface area contributed by atoms with Gasteiger partial charge in [0.1, 0.15) is 11.3 Å². The number of carboxylic acid groups (broad SMARTS) is 1. The largest absolute Gasteiger partial charge is 0.496 e. The van der Waals surface area contributed by atoms with Gasteiger partial charge in [-0.1, -0.05) is 26.8 Å². The maximum atomic E-state index is 10.8. The van der Waals surface area contributed by atoms with Crippen molar-refractivity contribution in [2.24, 2.45) is 0 Å². The predicted octanol–water partition coefficient (Wildman–Crippen LogP) is 2.98. The number of hydrogen-bond donors (Lipinski definition) is 1. The number of carboxylic acids is 1. The van der Waals surface area contributed by atoms with E-state index in [2.05, 4.69) is 0 Å². The summed E-state index contributed by atoms with van der Waals surface area (Å²) in [4.78, 5) is 10.8. The van der Waals surface area contributed by atoms with Crippen LogP contribution in [0.3, 0.4) is 0 Å². The van der Waals surface area contributed by atoms with Crippen LogP contribution in [-0.2, 0) is 6.42 Å². The van der Waals surface area contributed by atoms with Gasteiger partial charge in [-0.2, -0.15) is 0 Å². The SMILES string of the molecule is CC.CCc1ccc(OC)c(C(=O)O)c1. The van der Waals surface area contributed by atoms with E-state index in [0.29, 0.717) is 5.75 Å². The predicted molar refractivity (Wildman–Crippen MR) is 60.7 cm³/mol. The van der Waals surface area contributed by atoms with Crippen LogP contribution in [0.2, 0.25) is 0 Å². The number of benzene rings is 1. The second-order valence-corrected chi connectivity index (χ2v) is 2.69. The molecule has 0 aliphatic carbocycles. The van der Waals surface area contributed by atoms with Crippen LogP contribution in [0.4, 0.5) is 0 Å². The summed E-state index contributed by atoms with van der Waals surface area (Å²) in [5.74, 6) is -0.545. The highest BCUT2D eigenvalue weighted by Gasteiger charge is 2.10. The van der Waals surface area contributed by atoms with Crippen LogP contribution in [0.5, 0.6) is 5.75 Å². The highest BCUT2D eigenvalue weighted by Crippen LogP contribution is 2.19. The van der Waals surface area contributed by atoms with Gasteiger partial charge in [-0.05, 0) is 24.1 Å². The lowest BCUT2D eigenvalue weighted by molar-refractivity contribution is 0.0693. The molecule has 1 N–H and O–H groups in total. The number of aryl methyl sites for hydroxylation is 1. The second kappa shape index (κ2) is 6.87. The molecule has 1 aromatic rings. The summed E-state index contributed by atoms with van der Waals surface area (Å²) >= 11 is 0. The standard InChI is InChI=1S/C10H12O3.C2H6/c1-3-7-4-5-9(13-2)8(6-7)10(11)12;1-2/h4-6H,3H2,1-2H3,(H,11,12);1-2H3. The second-order valence-electron chi connectivity index (χ2n) is 2.69. The Morgan fingerprint density at radius 2 is 2.00 bits per heavy atom. The quantitative estimate of drug-likeness (QED) is 0.834. The molecule has 0 heterocycles. The van der Waals surface area contributed by atoms with Crippen molar-refractivity contribution in [2.45, 2.75) is 27.2 Å². The molecule has 0 atom stereocenters. The molecule has 0 fully saturated rings. The molecule has 0 aliphatic rings. The smallest absolute Gasteiger partial charge is 0.339 e. The summed E-state index contributed by atoms with van der Waals surface area (Å²) in [6, 6.07) is 5.19. The number of aromatic carboxylic acids is 1.